The van der Waals surface area contributed by atoms with Crippen LogP contribution in [0, 0.1) is 0 Å². The van der Waals surface area contributed by atoms with Crippen LogP contribution in [0.1, 0.15) is 67.4 Å². The predicted molar refractivity (Wildman–Crippen MR) is 159 cm³/mol. The number of H-pyrrole nitrogens is 2. The topological polar surface area (TPSA) is 59.3 Å². The molecule has 2 aliphatic rings. The smallest absolute Gasteiger partial charge is 0.000496 e. The number of hydrogen-bond donors (Lipinski definition) is 2. The van der Waals surface area contributed by atoms with Crippen LogP contribution in [0.2, 0.25) is 0 Å². The largest absolute Gasteiger partial charge is 0.368 e. The van der Waals surface area contributed by atoms with Crippen LogP contribution in [-0.2, 0) is 6.42 Å². The number of hydrogen-bond acceptors (Lipinski definition) is 4. The summed E-state index contributed by atoms with van der Waals surface area (Å²) in [5.74, 6) is 2.96. The van der Waals surface area contributed by atoms with Crippen molar-refractivity contribution in [3.63, 3.8) is 0 Å². The first-order valence-electron chi connectivity index (χ1n) is 13.1. The number of thiophene rings is 1. The first-order chi connectivity index (χ1) is 17.9. The van der Waals surface area contributed by atoms with Crippen LogP contribution in [-0.4, -0.2) is 44.3 Å². The number of rotatable bonds is 0. The van der Waals surface area contributed by atoms with Gasteiger partial charge >= 0.3 is 58.6 Å². The van der Waals surface area contributed by atoms with Crippen LogP contribution in [0.15, 0.2) is 69.7 Å². The molecule has 0 fully saturated rings. The van der Waals surface area contributed by atoms with E-state index < -0.39 is 0 Å². The fourth-order valence-electron chi connectivity index (χ4n) is 2.45. The summed E-state index contributed by atoms with van der Waals surface area (Å²) >= 11 is 2.19. The zero-order valence-electron chi connectivity index (χ0n) is 23.5. The molecule has 4 aromatic heterocycles. The van der Waals surface area contributed by atoms with Crippen molar-refractivity contribution in [3.05, 3.63) is 75.3 Å². The Morgan fingerprint density at radius 3 is 1.58 bits per heavy atom. The average molecular weight is 584 g/mol. The standard InChI is InChI=1S/C7H9NO.C6H6O2Se.C4H5N.C4H4S.4C2H6/c1-2-6-4-8-5-7(6)9-3-1;1-2-8-6-4-9-3-5(6)7-1;2*1-2-4-5-3-1;4*1-2/h4-5,8H,1-3H2;3-4H,1-2H2;1-5H;1-4H;4*1-2H3. The van der Waals surface area contributed by atoms with Crippen molar-refractivity contribution in [2.45, 2.75) is 68.2 Å². The molecule has 2 N–H and O–H groups in total. The van der Waals surface area contributed by atoms with Crippen LogP contribution in [0.25, 0.3) is 0 Å². The van der Waals surface area contributed by atoms with Gasteiger partial charge in [-0.05, 0) is 35.7 Å². The van der Waals surface area contributed by atoms with Crippen molar-refractivity contribution in [2.75, 3.05) is 19.8 Å². The van der Waals surface area contributed by atoms with E-state index in [1.807, 2.05) is 115 Å². The van der Waals surface area contributed by atoms with Crippen LogP contribution in [0.3, 0.4) is 0 Å². The normalized spacial score (nSPS) is 10.9. The molecule has 2 aliphatic heterocycles. The Kier molecular flexibility index (Phi) is 28.7. The number of nitrogens with one attached hydrogen (secondary N) is 2. The zero-order chi connectivity index (χ0) is 27.3. The average Bonchev–Trinajstić information content (AvgIpc) is 3.81. The number of aromatic nitrogens is 2. The molecule has 0 spiro atoms. The third-order valence-electron chi connectivity index (χ3n) is 3.75. The maximum absolute atomic E-state index is 5.33. The molecule has 6 heterocycles. The fourth-order valence-corrected chi connectivity index (χ4v) is 4.34. The second-order valence-electron chi connectivity index (χ2n) is 5.77. The Morgan fingerprint density at radius 1 is 0.639 bits per heavy atom. The Hall–Kier alpha value is -2.34. The van der Waals surface area contributed by atoms with Crippen LogP contribution in [0.5, 0.6) is 17.2 Å². The Balaban J connectivity index is 0. The molecule has 0 saturated heterocycles. The predicted octanol–water partition coefficient (Wildman–Crippen LogP) is 8.72. The van der Waals surface area contributed by atoms with Gasteiger partial charge in [-0.1, -0.05) is 67.5 Å². The molecule has 5 nitrogen and oxygen atoms in total. The molecule has 0 aromatic carbocycles. The van der Waals surface area contributed by atoms with E-state index in [1.54, 1.807) is 11.3 Å². The SMILES string of the molecule is CC.CC.CC.CC.c1[nH]cc2c1CCCO2.c1[se]cc2c1OCCO2.c1cc[nH]c1.c1ccsc1. The van der Waals surface area contributed by atoms with Crippen molar-refractivity contribution in [1.82, 2.24) is 9.97 Å². The van der Waals surface area contributed by atoms with Gasteiger partial charge in [0.2, 0.25) is 0 Å². The van der Waals surface area contributed by atoms with Gasteiger partial charge < -0.3 is 14.7 Å². The Labute approximate surface area is 230 Å². The van der Waals surface area contributed by atoms with Gasteiger partial charge in [0.1, 0.15) is 5.75 Å². The minimum absolute atomic E-state index is 0.481. The summed E-state index contributed by atoms with van der Waals surface area (Å²) < 4.78 is 15.9. The van der Waals surface area contributed by atoms with Gasteiger partial charge in [0.05, 0.1) is 6.61 Å². The third-order valence-corrected chi connectivity index (χ3v) is 5.85. The number of ether oxygens (including phenoxy) is 3. The quantitative estimate of drug-likeness (QED) is 0.204. The third kappa shape index (κ3) is 17.1. The van der Waals surface area contributed by atoms with E-state index in [0.29, 0.717) is 27.7 Å². The van der Waals surface area contributed by atoms with Gasteiger partial charge in [-0.15, -0.1) is 0 Å². The van der Waals surface area contributed by atoms with Crippen molar-refractivity contribution in [1.29, 1.82) is 0 Å². The van der Waals surface area contributed by atoms with Crippen LogP contribution >= 0.6 is 11.3 Å². The summed E-state index contributed by atoms with van der Waals surface area (Å²) in [4.78, 5) is 10.1. The van der Waals surface area contributed by atoms with Gasteiger partial charge in [0, 0.05) is 30.4 Å². The van der Waals surface area contributed by atoms with Crippen molar-refractivity contribution < 1.29 is 14.2 Å². The van der Waals surface area contributed by atoms with E-state index in [9.17, 15) is 0 Å². The molecule has 0 saturated carbocycles. The summed E-state index contributed by atoms with van der Waals surface area (Å²) in [5, 5.41) is 4.08. The Bertz CT molecular complexity index is 711. The van der Waals surface area contributed by atoms with Crippen LogP contribution < -0.4 is 14.2 Å². The summed E-state index contributed by atoms with van der Waals surface area (Å²) in [6, 6.07) is 7.93. The molecule has 4 aromatic rings. The van der Waals surface area contributed by atoms with Crippen molar-refractivity contribution in [3.8, 4) is 17.2 Å². The van der Waals surface area contributed by atoms with Gasteiger partial charge in [0.15, 0.2) is 0 Å². The molecule has 7 heteroatoms. The second kappa shape index (κ2) is 28.9. The molecular formula is C29H48N2O3SSe. The van der Waals surface area contributed by atoms with E-state index in [0.717, 1.165) is 30.3 Å². The minimum Gasteiger partial charge on any atom is -0.368 e. The van der Waals surface area contributed by atoms with Crippen LogP contribution in [0.4, 0.5) is 0 Å². The fraction of sp³-hybridized carbons (Fsp3) is 0.448. The van der Waals surface area contributed by atoms with Crippen molar-refractivity contribution in [2.24, 2.45) is 0 Å². The molecule has 0 unspecified atom stereocenters. The molecular weight excluding hydrogens is 535 g/mol. The van der Waals surface area contributed by atoms with Gasteiger partial charge in [-0.3, -0.25) is 0 Å². The number of aryl methyl sites for hydroxylation is 1. The minimum atomic E-state index is 0.481. The van der Waals surface area contributed by atoms with E-state index in [2.05, 4.69) is 19.8 Å². The molecule has 0 atom stereocenters. The van der Waals surface area contributed by atoms with Gasteiger partial charge in [0.25, 0.3) is 0 Å². The second-order valence-corrected chi connectivity index (χ2v) is 8.15. The Morgan fingerprint density at radius 2 is 1.17 bits per heavy atom. The maximum Gasteiger partial charge on any atom is 0.000496 e. The van der Waals surface area contributed by atoms with E-state index in [1.165, 1.54) is 12.0 Å². The molecule has 36 heavy (non-hydrogen) atoms. The van der Waals surface area contributed by atoms with E-state index in [-0.39, 0.29) is 0 Å². The summed E-state index contributed by atoms with van der Waals surface area (Å²) in [6.07, 6.45) is 9.99. The molecule has 6 rings (SSSR count). The molecule has 0 bridgehead atoms. The van der Waals surface area contributed by atoms with Gasteiger partial charge in [-0.2, -0.15) is 11.3 Å². The zero-order valence-corrected chi connectivity index (χ0v) is 26.0. The summed E-state index contributed by atoms with van der Waals surface area (Å²) in [7, 11) is 0. The van der Waals surface area contributed by atoms with E-state index in [4.69, 9.17) is 14.2 Å². The molecule has 204 valence electrons. The molecule has 0 aliphatic carbocycles. The van der Waals surface area contributed by atoms with Gasteiger partial charge in [-0.25, -0.2) is 0 Å². The summed E-state index contributed by atoms with van der Waals surface area (Å²) in [5.41, 5.74) is 1.32. The molecule has 0 amide bonds. The maximum atomic E-state index is 5.33. The first kappa shape index (κ1) is 35.8. The molecule has 0 radical (unpaired) electrons. The number of aromatic amines is 2. The summed E-state index contributed by atoms with van der Waals surface area (Å²) in [6.45, 7) is 18.3. The first-order valence-corrected chi connectivity index (χ1v) is 16.0. The van der Waals surface area contributed by atoms with E-state index >= 15 is 0 Å². The monoisotopic (exact) mass is 584 g/mol. The number of fused-ring (bicyclic) bond motifs is 2. The van der Waals surface area contributed by atoms with Crippen molar-refractivity contribution >= 4 is 25.8 Å².